The molecule has 3 nitrogen and oxygen atoms in total. The second-order valence-corrected chi connectivity index (χ2v) is 4.24. The molecule has 0 bridgehead atoms. The Hall–Kier alpha value is -0.120. The Kier molecular flexibility index (Phi) is 6.15. The van der Waals surface area contributed by atoms with Crippen LogP contribution in [0.1, 0.15) is 25.7 Å². The number of ether oxygens (including phenoxy) is 1. The van der Waals surface area contributed by atoms with Crippen molar-refractivity contribution in [3.8, 4) is 0 Å². The zero-order chi connectivity index (χ0) is 10.2. The Bertz CT molecular complexity index is 133. The van der Waals surface area contributed by atoms with Gasteiger partial charge in [0.2, 0.25) is 0 Å². The Morgan fingerprint density at radius 1 is 1.29 bits per heavy atom. The second kappa shape index (κ2) is 7.21. The molecule has 1 aliphatic heterocycles. The quantitative estimate of drug-likeness (QED) is 0.652. The molecule has 1 fully saturated rings. The molecule has 0 radical (unpaired) electrons. The maximum Gasteiger partial charge on any atom is 0.0491 e. The van der Waals surface area contributed by atoms with Crippen LogP contribution >= 0.6 is 0 Å². The lowest BCUT2D eigenvalue weighted by Crippen LogP contribution is -2.35. The molecule has 84 valence electrons. The molecular weight excluding hydrogens is 176 g/mol. The SMILES string of the molecule is COCC1CCN(CCCCN)CC1. The van der Waals surface area contributed by atoms with Gasteiger partial charge in [0.05, 0.1) is 0 Å². The zero-order valence-electron chi connectivity index (χ0n) is 9.37. The maximum atomic E-state index is 5.47. The van der Waals surface area contributed by atoms with E-state index in [1.165, 1.54) is 38.9 Å². The van der Waals surface area contributed by atoms with Gasteiger partial charge in [-0.1, -0.05) is 0 Å². The molecule has 1 aliphatic rings. The van der Waals surface area contributed by atoms with E-state index >= 15 is 0 Å². The maximum absolute atomic E-state index is 5.47. The van der Waals surface area contributed by atoms with Crippen LogP contribution in [0.2, 0.25) is 0 Å². The first kappa shape index (κ1) is 12.0. The largest absolute Gasteiger partial charge is 0.384 e. The Labute approximate surface area is 87.6 Å². The number of piperidine rings is 1. The molecule has 0 aromatic rings. The number of methoxy groups -OCH3 is 1. The predicted octanol–water partition coefficient (Wildman–Crippen LogP) is 1.08. The number of hydrogen-bond acceptors (Lipinski definition) is 3. The van der Waals surface area contributed by atoms with Gasteiger partial charge in [-0.2, -0.15) is 0 Å². The molecular formula is C11H24N2O. The van der Waals surface area contributed by atoms with Gasteiger partial charge < -0.3 is 15.4 Å². The average Bonchev–Trinajstić information content (AvgIpc) is 2.21. The molecule has 0 unspecified atom stereocenters. The average molecular weight is 200 g/mol. The molecule has 3 heteroatoms. The molecule has 1 rings (SSSR count). The van der Waals surface area contributed by atoms with Gasteiger partial charge in [0.15, 0.2) is 0 Å². The van der Waals surface area contributed by atoms with Crippen LogP contribution in [0.3, 0.4) is 0 Å². The van der Waals surface area contributed by atoms with Crippen molar-refractivity contribution in [2.24, 2.45) is 11.7 Å². The monoisotopic (exact) mass is 200 g/mol. The summed E-state index contributed by atoms with van der Waals surface area (Å²) < 4.78 is 5.18. The fraction of sp³-hybridized carbons (Fsp3) is 1.00. The summed E-state index contributed by atoms with van der Waals surface area (Å²) in [6.07, 6.45) is 5.02. The number of rotatable bonds is 6. The van der Waals surface area contributed by atoms with Gasteiger partial charge in [0, 0.05) is 13.7 Å². The van der Waals surface area contributed by atoms with Crippen molar-refractivity contribution in [1.29, 1.82) is 0 Å². The third-order valence-corrected chi connectivity index (χ3v) is 3.04. The zero-order valence-corrected chi connectivity index (χ0v) is 9.37. The summed E-state index contributed by atoms with van der Waals surface area (Å²) in [7, 11) is 1.80. The van der Waals surface area contributed by atoms with E-state index in [2.05, 4.69) is 4.90 Å². The molecule has 0 saturated carbocycles. The fourth-order valence-corrected chi connectivity index (χ4v) is 2.09. The number of unbranched alkanes of at least 4 members (excludes halogenated alkanes) is 1. The van der Waals surface area contributed by atoms with E-state index in [9.17, 15) is 0 Å². The van der Waals surface area contributed by atoms with Crippen LogP contribution in [-0.2, 0) is 4.74 Å². The summed E-state index contributed by atoms with van der Waals surface area (Å²) in [5.41, 5.74) is 5.47. The lowest BCUT2D eigenvalue weighted by molar-refractivity contribution is 0.0989. The Balaban J connectivity index is 2.03. The van der Waals surface area contributed by atoms with E-state index in [4.69, 9.17) is 10.5 Å². The van der Waals surface area contributed by atoms with Crippen molar-refractivity contribution in [3.05, 3.63) is 0 Å². The third-order valence-electron chi connectivity index (χ3n) is 3.04. The van der Waals surface area contributed by atoms with Crippen LogP contribution in [0.15, 0.2) is 0 Å². The summed E-state index contributed by atoms with van der Waals surface area (Å²) in [6.45, 7) is 5.50. The highest BCUT2D eigenvalue weighted by Gasteiger charge is 2.18. The van der Waals surface area contributed by atoms with Crippen LogP contribution in [-0.4, -0.2) is 44.8 Å². The van der Waals surface area contributed by atoms with E-state index in [1.807, 2.05) is 0 Å². The minimum absolute atomic E-state index is 0.797. The summed E-state index contributed by atoms with van der Waals surface area (Å²) >= 11 is 0. The minimum Gasteiger partial charge on any atom is -0.384 e. The van der Waals surface area contributed by atoms with Crippen molar-refractivity contribution in [2.75, 3.05) is 39.9 Å². The number of nitrogens with two attached hydrogens (primary N) is 1. The first-order valence-electron chi connectivity index (χ1n) is 5.78. The molecule has 14 heavy (non-hydrogen) atoms. The second-order valence-electron chi connectivity index (χ2n) is 4.24. The van der Waals surface area contributed by atoms with E-state index in [1.54, 1.807) is 7.11 Å². The van der Waals surface area contributed by atoms with Gasteiger partial charge in [0.1, 0.15) is 0 Å². The van der Waals surface area contributed by atoms with Crippen molar-refractivity contribution in [3.63, 3.8) is 0 Å². The van der Waals surface area contributed by atoms with Gasteiger partial charge in [-0.15, -0.1) is 0 Å². The third kappa shape index (κ3) is 4.40. The summed E-state index contributed by atoms with van der Waals surface area (Å²) in [5.74, 6) is 0.797. The Morgan fingerprint density at radius 3 is 2.57 bits per heavy atom. The molecule has 2 N–H and O–H groups in total. The van der Waals surface area contributed by atoms with E-state index in [0.717, 1.165) is 25.5 Å². The molecule has 1 saturated heterocycles. The summed E-state index contributed by atoms with van der Waals surface area (Å²) in [5, 5.41) is 0. The lowest BCUT2D eigenvalue weighted by atomic mass is 9.98. The predicted molar refractivity (Wildman–Crippen MR) is 59.3 cm³/mol. The van der Waals surface area contributed by atoms with E-state index < -0.39 is 0 Å². The van der Waals surface area contributed by atoms with Crippen molar-refractivity contribution < 1.29 is 4.74 Å². The highest BCUT2D eigenvalue weighted by atomic mass is 16.5. The van der Waals surface area contributed by atoms with Gasteiger partial charge >= 0.3 is 0 Å². The molecule has 0 aromatic heterocycles. The molecule has 1 heterocycles. The van der Waals surface area contributed by atoms with Crippen LogP contribution in [0, 0.1) is 5.92 Å². The summed E-state index contributed by atoms with van der Waals surface area (Å²) in [4.78, 5) is 2.56. The molecule has 0 spiro atoms. The van der Waals surface area contributed by atoms with Crippen LogP contribution in [0.5, 0.6) is 0 Å². The standard InChI is InChI=1S/C11H24N2O/c1-14-10-11-4-8-13(9-5-11)7-3-2-6-12/h11H,2-10,12H2,1H3. The Morgan fingerprint density at radius 2 is 2.00 bits per heavy atom. The van der Waals surface area contributed by atoms with Crippen molar-refractivity contribution in [2.45, 2.75) is 25.7 Å². The fourth-order valence-electron chi connectivity index (χ4n) is 2.09. The van der Waals surface area contributed by atoms with Gasteiger partial charge in [-0.05, 0) is 57.8 Å². The minimum atomic E-state index is 0.797. The molecule has 0 atom stereocenters. The van der Waals surface area contributed by atoms with Gasteiger partial charge in [0.25, 0.3) is 0 Å². The smallest absolute Gasteiger partial charge is 0.0491 e. The lowest BCUT2D eigenvalue weighted by Gasteiger charge is -2.31. The number of likely N-dealkylation sites (tertiary alicyclic amines) is 1. The first-order chi connectivity index (χ1) is 6.86. The van der Waals surface area contributed by atoms with Crippen LogP contribution < -0.4 is 5.73 Å². The van der Waals surface area contributed by atoms with E-state index in [0.29, 0.717) is 0 Å². The van der Waals surface area contributed by atoms with Crippen LogP contribution in [0.25, 0.3) is 0 Å². The van der Waals surface area contributed by atoms with Crippen LogP contribution in [0.4, 0.5) is 0 Å². The highest BCUT2D eigenvalue weighted by Crippen LogP contribution is 2.17. The number of hydrogen-bond donors (Lipinski definition) is 1. The molecule has 0 aromatic carbocycles. The van der Waals surface area contributed by atoms with Crippen molar-refractivity contribution in [1.82, 2.24) is 4.90 Å². The topological polar surface area (TPSA) is 38.5 Å². The van der Waals surface area contributed by atoms with E-state index in [-0.39, 0.29) is 0 Å². The van der Waals surface area contributed by atoms with Gasteiger partial charge in [-0.3, -0.25) is 0 Å². The summed E-state index contributed by atoms with van der Waals surface area (Å²) in [6, 6.07) is 0. The van der Waals surface area contributed by atoms with Crippen molar-refractivity contribution >= 4 is 0 Å². The highest BCUT2D eigenvalue weighted by molar-refractivity contribution is 4.71. The first-order valence-corrected chi connectivity index (χ1v) is 5.78. The normalized spacial score (nSPS) is 20.1. The molecule has 0 amide bonds. The van der Waals surface area contributed by atoms with Gasteiger partial charge in [-0.25, -0.2) is 0 Å². The molecule has 0 aliphatic carbocycles. The number of nitrogens with zero attached hydrogens (tertiary/aromatic N) is 1.